The van der Waals surface area contributed by atoms with Gasteiger partial charge in [-0.15, -0.1) is 0 Å². The van der Waals surface area contributed by atoms with Crippen LogP contribution in [-0.2, 0) is 0 Å². The highest BCUT2D eigenvalue weighted by atomic mass is 19.1. The average molecular weight is 190 g/mol. The van der Waals surface area contributed by atoms with Crippen molar-refractivity contribution in [2.45, 2.75) is 0 Å². The molecule has 0 unspecified atom stereocenters. The zero-order valence-corrected chi connectivity index (χ0v) is 7.37. The summed E-state index contributed by atoms with van der Waals surface area (Å²) >= 11 is 0. The van der Waals surface area contributed by atoms with Gasteiger partial charge in [-0.25, -0.2) is 8.78 Å². The Labute approximate surface area is 81.8 Å². The molecule has 2 heteroatoms. The van der Waals surface area contributed by atoms with Gasteiger partial charge in [0.25, 0.3) is 0 Å². The molecule has 70 valence electrons. The van der Waals surface area contributed by atoms with Crippen LogP contribution in [0, 0.1) is 23.8 Å². The summed E-state index contributed by atoms with van der Waals surface area (Å²) in [7, 11) is 0. The molecule has 0 atom stereocenters. The van der Waals surface area contributed by atoms with Crippen molar-refractivity contribution in [1.82, 2.24) is 0 Å². The summed E-state index contributed by atoms with van der Waals surface area (Å²) in [6, 6.07) is 17.1. The van der Waals surface area contributed by atoms with E-state index in [1.54, 1.807) is 24.3 Å². The van der Waals surface area contributed by atoms with Crippen molar-refractivity contribution >= 4 is 0 Å². The van der Waals surface area contributed by atoms with E-state index in [0.29, 0.717) is 0 Å². The molecule has 0 N–H and O–H groups in total. The highest BCUT2D eigenvalue weighted by Gasteiger charge is 1.78. The third-order valence-corrected chi connectivity index (χ3v) is 1.34. The summed E-state index contributed by atoms with van der Waals surface area (Å²) < 4.78 is 23.7. The minimum Gasteiger partial charge on any atom is -0.207 e. The SMILES string of the molecule is Fc1[c]cccc1.Fc1c[c]ccc1. The first-order valence-electron chi connectivity index (χ1n) is 4.03. The normalized spacial score (nSPS) is 8.71. The summed E-state index contributed by atoms with van der Waals surface area (Å²) in [6.07, 6.45) is 0. The Bertz CT molecular complexity index is 306. The second-order valence-corrected chi connectivity index (χ2v) is 2.43. The van der Waals surface area contributed by atoms with Gasteiger partial charge in [-0.05, 0) is 24.3 Å². The molecule has 0 aromatic heterocycles. The van der Waals surface area contributed by atoms with Gasteiger partial charge >= 0.3 is 0 Å². The topological polar surface area (TPSA) is 0 Å². The number of rotatable bonds is 0. The first-order valence-corrected chi connectivity index (χ1v) is 4.03. The van der Waals surface area contributed by atoms with Crippen LogP contribution in [0.5, 0.6) is 0 Å². The van der Waals surface area contributed by atoms with Gasteiger partial charge in [0.1, 0.15) is 11.6 Å². The van der Waals surface area contributed by atoms with Gasteiger partial charge in [-0.2, -0.15) is 0 Å². The standard InChI is InChI=1S/2C6H4F/c2*7-6-4-2-1-3-5-6/h1-2,4-5H;1-4H. The Hall–Kier alpha value is -1.70. The van der Waals surface area contributed by atoms with Crippen molar-refractivity contribution in [3.05, 3.63) is 72.3 Å². The molecule has 2 aromatic rings. The fourth-order valence-electron chi connectivity index (χ4n) is 0.743. The molecule has 2 radical (unpaired) electrons. The molecule has 0 aliphatic rings. The van der Waals surface area contributed by atoms with E-state index < -0.39 is 0 Å². The molecule has 0 bridgehead atoms. The maximum absolute atomic E-state index is 11.9. The lowest BCUT2D eigenvalue weighted by Gasteiger charge is -1.77. The molecule has 0 spiro atoms. The van der Waals surface area contributed by atoms with Crippen molar-refractivity contribution < 1.29 is 8.78 Å². The van der Waals surface area contributed by atoms with E-state index in [1.165, 1.54) is 24.3 Å². The minimum absolute atomic E-state index is 0.234. The Balaban J connectivity index is 0.000000140. The van der Waals surface area contributed by atoms with Crippen molar-refractivity contribution in [2.24, 2.45) is 0 Å². The monoisotopic (exact) mass is 190 g/mol. The average Bonchev–Trinajstić information content (AvgIpc) is 2.21. The molecular formula is C12H8F2. The molecule has 0 aliphatic carbocycles. The van der Waals surface area contributed by atoms with Gasteiger partial charge < -0.3 is 0 Å². The van der Waals surface area contributed by atoms with Crippen LogP contribution in [0.25, 0.3) is 0 Å². The van der Waals surface area contributed by atoms with Crippen LogP contribution < -0.4 is 0 Å². The summed E-state index contributed by atoms with van der Waals surface area (Å²) in [6.45, 7) is 0. The Morgan fingerprint density at radius 2 is 1.79 bits per heavy atom. The third-order valence-electron chi connectivity index (χ3n) is 1.34. The zero-order chi connectivity index (χ0) is 10.2. The third kappa shape index (κ3) is 4.36. The fraction of sp³-hybridized carbons (Fsp3) is 0. The number of hydrogen-bond acceptors (Lipinski definition) is 0. The largest absolute Gasteiger partial charge is 0.207 e. The Morgan fingerprint density at radius 1 is 0.929 bits per heavy atom. The molecule has 0 amide bonds. The van der Waals surface area contributed by atoms with E-state index in [9.17, 15) is 8.78 Å². The second-order valence-electron chi connectivity index (χ2n) is 2.43. The lowest BCUT2D eigenvalue weighted by Crippen LogP contribution is -1.65. The van der Waals surface area contributed by atoms with Gasteiger partial charge in [0.2, 0.25) is 0 Å². The number of halogens is 2. The lowest BCUT2D eigenvalue weighted by atomic mass is 10.4. The van der Waals surface area contributed by atoms with Crippen molar-refractivity contribution in [3.8, 4) is 0 Å². The molecule has 2 aromatic carbocycles. The van der Waals surface area contributed by atoms with Crippen molar-refractivity contribution in [3.63, 3.8) is 0 Å². The first kappa shape index (κ1) is 10.4. The molecular weight excluding hydrogens is 182 g/mol. The van der Waals surface area contributed by atoms with E-state index >= 15 is 0 Å². The first-order chi connectivity index (χ1) is 6.79. The Kier molecular flexibility index (Phi) is 4.35. The zero-order valence-electron chi connectivity index (χ0n) is 7.37. The predicted molar refractivity (Wildman–Crippen MR) is 50.5 cm³/mol. The van der Waals surface area contributed by atoms with E-state index in [-0.39, 0.29) is 11.6 Å². The number of hydrogen-bond donors (Lipinski definition) is 0. The molecule has 0 heterocycles. The van der Waals surface area contributed by atoms with Crippen LogP contribution in [0.2, 0.25) is 0 Å². The molecule has 0 saturated heterocycles. The minimum atomic E-state index is -0.303. The van der Waals surface area contributed by atoms with Crippen LogP contribution in [-0.4, -0.2) is 0 Å². The quantitative estimate of drug-likeness (QED) is 0.598. The summed E-state index contributed by atoms with van der Waals surface area (Å²) in [5, 5.41) is 0. The highest BCUT2D eigenvalue weighted by Crippen LogP contribution is 1.91. The van der Waals surface area contributed by atoms with Crippen LogP contribution in [0.4, 0.5) is 8.78 Å². The fourth-order valence-corrected chi connectivity index (χ4v) is 0.743. The summed E-state index contributed by atoms with van der Waals surface area (Å²) in [5.74, 6) is -0.537. The van der Waals surface area contributed by atoms with E-state index in [1.807, 2.05) is 0 Å². The van der Waals surface area contributed by atoms with Crippen molar-refractivity contribution in [2.75, 3.05) is 0 Å². The van der Waals surface area contributed by atoms with Gasteiger partial charge in [0.15, 0.2) is 0 Å². The van der Waals surface area contributed by atoms with E-state index in [0.717, 1.165) is 0 Å². The number of benzene rings is 2. The molecule has 0 aliphatic heterocycles. The molecule has 14 heavy (non-hydrogen) atoms. The maximum atomic E-state index is 11.9. The highest BCUT2D eigenvalue weighted by molar-refractivity contribution is 5.01. The molecule has 0 saturated carbocycles. The van der Waals surface area contributed by atoms with Crippen LogP contribution in [0.1, 0.15) is 0 Å². The van der Waals surface area contributed by atoms with Gasteiger partial charge in [-0.3, -0.25) is 0 Å². The maximum Gasteiger partial charge on any atom is 0.131 e. The van der Waals surface area contributed by atoms with E-state index in [4.69, 9.17) is 0 Å². The van der Waals surface area contributed by atoms with Crippen LogP contribution in [0.3, 0.4) is 0 Å². The van der Waals surface area contributed by atoms with Gasteiger partial charge in [0.05, 0.1) is 0 Å². The molecule has 2 rings (SSSR count). The van der Waals surface area contributed by atoms with Crippen LogP contribution >= 0.6 is 0 Å². The molecule has 0 fully saturated rings. The van der Waals surface area contributed by atoms with E-state index in [2.05, 4.69) is 12.1 Å². The lowest BCUT2D eigenvalue weighted by molar-refractivity contribution is 0.625. The molecule has 0 nitrogen and oxygen atoms in total. The van der Waals surface area contributed by atoms with Crippen LogP contribution in [0.15, 0.2) is 48.5 Å². The van der Waals surface area contributed by atoms with Crippen molar-refractivity contribution in [1.29, 1.82) is 0 Å². The smallest absolute Gasteiger partial charge is 0.131 e. The predicted octanol–water partition coefficient (Wildman–Crippen LogP) is 3.25. The van der Waals surface area contributed by atoms with Gasteiger partial charge in [0, 0.05) is 6.07 Å². The Morgan fingerprint density at radius 3 is 2.07 bits per heavy atom. The second kappa shape index (κ2) is 5.86. The van der Waals surface area contributed by atoms with Gasteiger partial charge in [-0.1, -0.05) is 30.3 Å². The summed E-state index contributed by atoms with van der Waals surface area (Å²) in [4.78, 5) is 0. The summed E-state index contributed by atoms with van der Waals surface area (Å²) in [5.41, 5.74) is 0.